The van der Waals surface area contributed by atoms with Crippen LogP contribution in [0.4, 0.5) is 0 Å². The number of carbonyl (C=O) groups excluding carboxylic acids is 2. The number of hydrogen-bond acceptors (Lipinski definition) is 6. The lowest BCUT2D eigenvalue weighted by atomic mass is 9.95. The minimum absolute atomic E-state index is 0.0274. The first-order chi connectivity index (χ1) is 18.5. The number of methoxy groups -OCH3 is 2. The fourth-order valence-corrected chi connectivity index (χ4v) is 4.40. The summed E-state index contributed by atoms with van der Waals surface area (Å²) in [7, 11) is 3.12. The van der Waals surface area contributed by atoms with Crippen LogP contribution < -0.4 is 9.47 Å². The first kappa shape index (κ1) is 26.7. The molecular formula is C31H31NO6. The van der Waals surface area contributed by atoms with Crippen LogP contribution in [0.1, 0.15) is 29.2 Å². The first-order valence-corrected chi connectivity index (χ1v) is 12.4. The minimum atomic E-state index is -0.788. The van der Waals surface area contributed by atoms with E-state index in [1.165, 1.54) is 18.1 Å². The van der Waals surface area contributed by atoms with Crippen LogP contribution >= 0.6 is 0 Å². The highest BCUT2D eigenvalue weighted by Crippen LogP contribution is 2.41. The van der Waals surface area contributed by atoms with Gasteiger partial charge in [-0.3, -0.25) is 9.59 Å². The Morgan fingerprint density at radius 3 is 2.37 bits per heavy atom. The smallest absolute Gasteiger partial charge is 0.290 e. The third kappa shape index (κ3) is 6.12. The lowest BCUT2D eigenvalue weighted by molar-refractivity contribution is -0.129. The Labute approximate surface area is 222 Å². The van der Waals surface area contributed by atoms with Crippen LogP contribution in [-0.2, 0) is 20.9 Å². The van der Waals surface area contributed by atoms with Gasteiger partial charge in [-0.1, -0.05) is 72.8 Å². The maximum absolute atomic E-state index is 13.4. The van der Waals surface area contributed by atoms with Crippen molar-refractivity contribution >= 4 is 17.8 Å². The van der Waals surface area contributed by atoms with Gasteiger partial charge in [-0.2, -0.15) is 0 Å². The summed E-state index contributed by atoms with van der Waals surface area (Å²) in [4.78, 5) is 27.9. The lowest BCUT2D eigenvalue weighted by Gasteiger charge is -2.27. The Morgan fingerprint density at radius 1 is 0.974 bits per heavy atom. The van der Waals surface area contributed by atoms with Gasteiger partial charge in [0.25, 0.3) is 5.91 Å². The fourth-order valence-electron chi connectivity index (χ4n) is 4.40. The van der Waals surface area contributed by atoms with Crippen molar-refractivity contribution in [2.45, 2.75) is 19.1 Å². The van der Waals surface area contributed by atoms with Gasteiger partial charge in [0, 0.05) is 20.3 Å². The molecule has 3 aromatic carbocycles. The molecule has 0 bridgehead atoms. The van der Waals surface area contributed by atoms with Gasteiger partial charge in [-0.25, -0.2) is 0 Å². The number of ketones is 1. The minimum Gasteiger partial charge on any atom is -0.503 e. The molecule has 1 N–H and O–H groups in total. The Hall–Kier alpha value is -4.36. The lowest BCUT2D eigenvalue weighted by Crippen LogP contribution is -2.32. The number of rotatable bonds is 12. The monoisotopic (exact) mass is 513 g/mol. The number of carbonyl (C=O) groups is 2. The molecule has 38 heavy (non-hydrogen) atoms. The molecule has 1 unspecified atom stereocenters. The number of aliphatic hydroxyl groups excluding tert-OH is 1. The standard InChI is InChI=1S/C31H31NO6/c1-36-19-9-18-32-29(28(30(34)31(32)35)25(33)16-14-22-10-5-3-6-11-22)24-15-17-26(27(20-24)37-2)38-21-23-12-7-4-8-13-23/h3-8,10-17,20,29,34H,9,18-19,21H2,1-2H3. The highest BCUT2D eigenvalue weighted by Gasteiger charge is 2.42. The summed E-state index contributed by atoms with van der Waals surface area (Å²) >= 11 is 0. The zero-order valence-corrected chi connectivity index (χ0v) is 21.5. The molecule has 0 aromatic heterocycles. The second kappa shape index (κ2) is 12.7. The Kier molecular flexibility index (Phi) is 8.95. The van der Waals surface area contributed by atoms with Gasteiger partial charge in [0.2, 0.25) is 0 Å². The van der Waals surface area contributed by atoms with Crippen molar-refractivity contribution in [2.75, 3.05) is 27.4 Å². The second-order valence-corrected chi connectivity index (χ2v) is 8.80. The molecule has 1 aliphatic heterocycles. The maximum atomic E-state index is 13.4. The molecule has 1 heterocycles. The van der Waals surface area contributed by atoms with E-state index in [1.807, 2.05) is 60.7 Å². The van der Waals surface area contributed by atoms with Crippen molar-refractivity contribution in [2.24, 2.45) is 0 Å². The van der Waals surface area contributed by atoms with Crippen molar-refractivity contribution in [1.82, 2.24) is 4.90 Å². The van der Waals surface area contributed by atoms with Crippen molar-refractivity contribution < 1.29 is 28.9 Å². The normalized spacial score (nSPS) is 15.4. The molecule has 0 spiro atoms. The van der Waals surface area contributed by atoms with Crippen LogP contribution in [0.5, 0.6) is 11.5 Å². The summed E-state index contributed by atoms with van der Waals surface area (Å²) < 4.78 is 16.7. The van der Waals surface area contributed by atoms with E-state index < -0.39 is 23.5 Å². The van der Waals surface area contributed by atoms with Gasteiger partial charge in [-0.05, 0) is 41.3 Å². The first-order valence-electron chi connectivity index (χ1n) is 12.4. The molecule has 7 nitrogen and oxygen atoms in total. The molecule has 196 valence electrons. The van der Waals surface area contributed by atoms with E-state index >= 15 is 0 Å². The Morgan fingerprint density at radius 2 is 1.68 bits per heavy atom. The summed E-state index contributed by atoms with van der Waals surface area (Å²) in [6, 6.07) is 23.6. The summed E-state index contributed by atoms with van der Waals surface area (Å²) in [6.45, 7) is 1.09. The highest BCUT2D eigenvalue weighted by atomic mass is 16.5. The quantitative estimate of drug-likeness (QED) is 0.262. The largest absolute Gasteiger partial charge is 0.503 e. The van der Waals surface area contributed by atoms with Gasteiger partial charge in [-0.15, -0.1) is 0 Å². The molecule has 7 heteroatoms. The average Bonchev–Trinajstić information content (AvgIpc) is 3.21. The molecule has 0 aliphatic carbocycles. The third-order valence-corrected chi connectivity index (χ3v) is 6.28. The van der Waals surface area contributed by atoms with Crippen LogP contribution in [0.3, 0.4) is 0 Å². The molecule has 0 saturated heterocycles. The van der Waals surface area contributed by atoms with Gasteiger partial charge >= 0.3 is 0 Å². The molecule has 3 aromatic rings. The zero-order chi connectivity index (χ0) is 26.9. The van der Waals surface area contributed by atoms with E-state index in [0.29, 0.717) is 43.2 Å². The molecule has 4 rings (SSSR count). The van der Waals surface area contributed by atoms with Gasteiger partial charge in [0.05, 0.1) is 18.7 Å². The SMILES string of the molecule is COCCCN1C(=O)C(O)=C(C(=O)C=Cc2ccccc2)C1c1ccc(OCc2ccccc2)c(OC)c1. The molecule has 0 radical (unpaired) electrons. The van der Waals surface area contributed by atoms with Gasteiger partial charge in [0.15, 0.2) is 23.0 Å². The van der Waals surface area contributed by atoms with E-state index in [4.69, 9.17) is 14.2 Å². The third-order valence-electron chi connectivity index (χ3n) is 6.28. The maximum Gasteiger partial charge on any atom is 0.290 e. The van der Waals surface area contributed by atoms with Crippen LogP contribution in [0, 0.1) is 0 Å². The number of amides is 1. The molecule has 1 amide bonds. The molecule has 1 atom stereocenters. The summed E-state index contributed by atoms with van der Waals surface area (Å²) in [5, 5.41) is 10.8. The van der Waals surface area contributed by atoms with Gasteiger partial charge < -0.3 is 24.2 Å². The molecule has 0 saturated carbocycles. The van der Waals surface area contributed by atoms with E-state index in [-0.39, 0.29) is 5.57 Å². The summed E-state index contributed by atoms with van der Waals surface area (Å²) in [6.07, 6.45) is 3.59. The number of allylic oxidation sites excluding steroid dienone is 1. The van der Waals surface area contributed by atoms with Crippen molar-refractivity contribution in [1.29, 1.82) is 0 Å². The molecular weight excluding hydrogens is 482 g/mol. The average molecular weight is 514 g/mol. The predicted molar refractivity (Wildman–Crippen MR) is 145 cm³/mol. The number of benzene rings is 3. The second-order valence-electron chi connectivity index (χ2n) is 8.80. The van der Waals surface area contributed by atoms with Crippen LogP contribution in [0.25, 0.3) is 6.08 Å². The van der Waals surface area contributed by atoms with E-state index in [0.717, 1.165) is 11.1 Å². The van der Waals surface area contributed by atoms with Crippen LogP contribution in [0.15, 0.2) is 96.3 Å². The fraction of sp³-hybridized carbons (Fsp3) is 0.226. The number of hydrogen-bond donors (Lipinski definition) is 1. The summed E-state index contributed by atoms with van der Waals surface area (Å²) in [5.41, 5.74) is 2.50. The van der Waals surface area contributed by atoms with Crippen molar-refractivity contribution in [3.63, 3.8) is 0 Å². The van der Waals surface area contributed by atoms with Crippen molar-refractivity contribution in [3.05, 3.63) is 113 Å². The number of nitrogens with zero attached hydrogens (tertiary/aromatic N) is 1. The van der Waals surface area contributed by atoms with E-state index in [2.05, 4.69) is 0 Å². The van der Waals surface area contributed by atoms with Gasteiger partial charge in [0.1, 0.15) is 6.61 Å². The highest BCUT2D eigenvalue weighted by molar-refractivity contribution is 6.14. The number of ether oxygens (including phenoxy) is 3. The molecule has 1 aliphatic rings. The number of aliphatic hydroxyl groups is 1. The molecule has 0 fully saturated rings. The van der Waals surface area contributed by atoms with E-state index in [1.54, 1.807) is 31.4 Å². The van der Waals surface area contributed by atoms with Crippen LogP contribution in [-0.4, -0.2) is 49.1 Å². The Balaban J connectivity index is 1.65. The summed E-state index contributed by atoms with van der Waals surface area (Å²) in [5.74, 6) is -0.590. The van der Waals surface area contributed by atoms with E-state index in [9.17, 15) is 14.7 Å². The zero-order valence-electron chi connectivity index (χ0n) is 21.5. The Bertz CT molecular complexity index is 1320. The van der Waals surface area contributed by atoms with Crippen molar-refractivity contribution in [3.8, 4) is 11.5 Å². The van der Waals surface area contributed by atoms with Crippen LogP contribution in [0.2, 0.25) is 0 Å². The predicted octanol–water partition coefficient (Wildman–Crippen LogP) is 5.29. The topological polar surface area (TPSA) is 85.3 Å².